The van der Waals surface area contributed by atoms with Crippen molar-refractivity contribution in [3.05, 3.63) is 60.2 Å². The minimum absolute atomic E-state index is 0.0907. The lowest BCUT2D eigenvalue weighted by Crippen LogP contribution is -2.22. The predicted octanol–water partition coefficient (Wildman–Crippen LogP) is 3.71. The standard InChI is InChI=1S/C17H21NO2/c1-14(12-18-16-8-4-3-5-9-16)20-17-10-6-7-15(11-17)13-19-2/h3-11,14,18H,12-13H2,1-2H3. The minimum atomic E-state index is 0.0907. The molecule has 1 N–H and O–H groups in total. The van der Waals surface area contributed by atoms with Crippen molar-refractivity contribution in [2.24, 2.45) is 0 Å². The van der Waals surface area contributed by atoms with Crippen LogP contribution >= 0.6 is 0 Å². The first-order valence-corrected chi connectivity index (χ1v) is 6.81. The average molecular weight is 271 g/mol. The number of methoxy groups -OCH3 is 1. The highest BCUT2D eigenvalue weighted by Gasteiger charge is 2.04. The summed E-state index contributed by atoms with van der Waals surface area (Å²) in [5, 5.41) is 3.35. The van der Waals surface area contributed by atoms with Gasteiger partial charge in [0.1, 0.15) is 11.9 Å². The summed E-state index contributed by atoms with van der Waals surface area (Å²) >= 11 is 0. The number of benzene rings is 2. The van der Waals surface area contributed by atoms with E-state index in [4.69, 9.17) is 9.47 Å². The van der Waals surface area contributed by atoms with Gasteiger partial charge in [-0.05, 0) is 36.8 Å². The lowest BCUT2D eigenvalue weighted by atomic mass is 10.2. The Kier molecular flexibility index (Phi) is 5.44. The molecule has 0 bridgehead atoms. The van der Waals surface area contributed by atoms with E-state index in [0.29, 0.717) is 6.61 Å². The Bertz CT molecular complexity index is 513. The fourth-order valence-corrected chi connectivity index (χ4v) is 1.97. The van der Waals surface area contributed by atoms with Crippen LogP contribution in [-0.4, -0.2) is 19.8 Å². The molecule has 0 heterocycles. The van der Waals surface area contributed by atoms with Gasteiger partial charge in [0.25, 0.3) is 0 Å². The van der Waals surface area contributed by atoms with E-state index in [-0.39, 0.29) is 6.10 Å². The van der Waals surface area contributed by atoms with Crippen LogP contribution in [0.3, 0.4) is 0 Å². The number of ether oxygens (including phenoxy) is 2. The van der Waals surface area contributed by atoms with Crippen LogP contribution in [0.25, 0.3) is 0 Å². The van der Waals surface area contributed by atoms with Crippen LogP contribution in [0.15, 0.2) is 54.6 Å². The maximum Gasteiger partial charge on any atom is 0.120 e. The third-order valence-corrected chi connectivity index (χ3v) is 2.91. The summed E-state index contributed by atoms with van der Waals surface area (Å²) in [6.07, 6.45) is 0.0907. The first-order valence-electron chi connectivity index (χ1n) is 6.81. The van der Waals surface area contributed by atoms with Crippen molar-refractivity contribution in [2.45, 2.75) is 19.6 Å². The molecule has 2 rings (SSSR count). The van der Waals surface area contributed by atoms with Crippen LogP contribution in [0, 0.1) is 0 Å². The first-order chi connectivity index (χ1) is 9.78. The average Bonchev–Trinajstić information content (AvgIpc) is 2.47. The third-order valence-electron chi connectivity index (χ3n) is 2.91. The van der Waals surface area contributed by atoms with Crippen LogP contribution in [0.2, 0.25) is 0 Å². The van der Waals surface area contributed by atoms with Gasteiger partial charge >= 0.3 is 0 Å². The van der Waals surface area contributed by atoms with Crippen LogP contribution in [0.5, 0.6) is 5.75 Å². The van der Waals surface area contributed by atoms with E-state index in [9.17, 15) is 0 Å². The Balaban J connectivity index is 1.84. The highest BCUT2D eigenvalue weighted by atomic mass is 16.5. The van der Waals surface area contributed by atoms with E-state index < -0.39 is 0 Å². The first kappa shape index (κ1) is 14.4. The topological polar surface area (TPSA) is 30.5 Å². The predicted molar refractivity (Wildman–Crippen MR) is 82.2 cm³/mol. The summed E-state index contributed by atoms with van der Waals surface area (Å²) in [5.41, 5.74) is 2.23. The molecule has 1 unspecified atom stereocenters. The van der Waals surface area contributed by atoms with Crippen molar-refractivity contribution in [2.75, 3.05) is 19.0 Å². The lowest BCUT2D eigenvalue weighted by molar-refractivity contribution is 0.183. The molecular weight excluding hydrogens is 250 g/mol. The minimum Gasteiger partial charge on any atom is -0.489 e. The summed E-state index contributed by atoms with van der Waals surface area (Å²) in [5.74, 6) is 0.877. The van der Waals surface area contributed by atoms with E-state index in [1.165, 1.54) is 0 Å². The van der Waals surface area contributed by atoms with Crippen molar-refractivity contribution in [1.82, 2.24) is 0 Å². The van der Waals surface area contributed by atoms with Crippen molar-refractivity contribution in [3.8, 4) is 5.75 Å². The molecular formula is C17H21NO2. The van der Waals surface area contributed by atoms with Gasteiger partial charge in [-0.1, -0.05) is 30.3 Å². The Morgan fingerprint density at radius 3 is 2.60 bits per heavy atom. The molecule has 0 radical (unpaired) electrons. The SMILES string of the molecule is COCc1cccc(OC(C)CNc2ccccc2)c1. The van der Waals surface area contributed by atoms with Crippen molar-refractivity contribution >= 4 is 5.69 Å². The Hall–Kier alpha value is -2.00. The number of hydrogen-bond acceptors (Lipinski definition) is 3. The number of rotatable bonds is 7. The smallest absolute Gasteiger partial charge is 0.120 e. The van der Waals surface area contributed by atoms with Crippen LogP contribution in [0.1, 0.15) is 12.5 Å². The summed E-state index contributed by atoms with van der Waals surface area (Å²) < 4.78 is 11.0. The number of nitrogens with one attached hydrogen (secondary N) is 1. The second-order valence-electron chi connectivity index (χ2n) is 4.76. The number of hydrogen-bond donors (Lipinski definition) is 1. The van der Waals surface area contributed by atoms with Crippen molar-refractivity contribution in [1.29, 1.82) is 0 Å². The highest BCUT2D eigenvalue weighted by molar-refractivity contribution is 5.42. The molecule has 106 valence electrons. The molecule has 2 aromatic carbocycles. The van der Waals surface area contributed by atoms with Crippen LogP contribution in [-0.2, 0) is 11.3 Å². The van der Waals surface area contributed by atoms with E-state index in [2.05, 4.69) is 12.2 Å². The number of para-hydroxylation sites is 1. The fourth-order valence-electron chi connectivity index (χ4n) is 1.97. The molecule has 20 heavy (non-hydrogen) atoms. The van der Waals surface area contributed by atoms with Gasteiger partial charge in [-0.2, -0.15) is 0 Å². The maximum absolute atomic E-state index is 5.90. The second kappa shape index (κ2) is 7.56. The zero-order chi connectivity index (χ0) is 14.2. The lowest BCUT2D eigenvalue weighted by Gasteiger charge is -2.16. The molecule has 3 nitrogen and oxygen atoms in total. The van der Waals surface area contributed by atoms with E-state index in [1.54, 1.807) is 7.11 Å². The van der Waals surface area contributed by atoms with Gasteiger partial charge in [-0.3, -0.25) is 0 Å². The molecule has 0 aliphatic carbocycles. The molecule has 0 fully saturated rings. The molecule has 0 amide bonds. The molecule has 0 aromatic heterocycles. The Morgan fingerprint density at radius 1 is 1.05 bits per heavy atom. The summed E-state index contributed by atoms with van der Waals surface area (Å²) in [6, 6.07) is 18.1. The Labute approximate surface area is 120 Å². The van der Waals surface area contributed by atoms with E-state index in [1.807, 2.05) is 54.6 Å². The van der Waals surface area contributed by atoms with Gasteiger partial charge in [-0.15, -0.1) is 0 Å². The second-order valence-corrected chi connectivity index (χ2v) is 4.76. The zero-order valence-corrected chi connectivity index (χ0v) is 12.0. The zero-order valence-electron chi connectivity index (χ0n) is 12.0. The van der Waals surface area contributed by atoms with Gasteiger partial charge in [-0.25, -0.2) is 0 Å². The van der Waals surface area contributed by atoms with E-state index >= 15 is 0 Å². The molecule has 0 saturated heterocycles. The monoisotopic (exact) mass is 271 g/mol. The van der Waals surface area contributed by atoms with Crippen molar-refractivity contribution < 1.29 is 9.47 Å². The summed E-state index contributed by atoms with van der Waals surface area (Å²) in [7, 11) is 1.69. The Morgan fingerprint density at radius 2 is 1.85 bits per heavy atom. The quantitative estimate of drug-likeness (QED) is 0.832. The van der Waals surface area contributed by atoms with Gasteiger partial charge < -0.3 is 14.8 Å². The fraction of sp³-hybridized carbons (Fsp3) is 0.294. The molecule has 0 aliphatic rings. The molecule has 1 atom stereocenters. The van der Waals surface area contributed by atoms with Gasteiger partial charge in [0.05, 0.1) is 13.2 Å². The summed E-state index contributed by atoms with van der Waals surface area (Å²) in [4.78, 5) is 0. The van der Waals surface area contributed by atoms with Gasteiger partial charge in [0.2, 0.25) is 0 Å². The normalized spacial score (nSPS) is 11.9. The van der Waals surface area contributed by atoms with Gasteiger partial charge in [0, 0.05) is 12.8 Å². The highest BCUT2D eigenvalue weighted by Crippen LogP contribution is 2.16. The van der Waals surface area contributed by atoms with Crippen LogP contribution < -0.4 is 10.1 Å². The molecule has 3 heteroatoms. The van der Waals surface area contributed by atoms with Crippen molar-refractivity contribution in [3.63, 3.8) is 0 Å². The number of anilines is 1. The molecule has 2 aromatic rings. The largest absolute Gasteiger partial charge is 0.489 e. The maximum atomic E-state index is 5.90. The summed E-state index contributed by atoms with van der Waals surface area (Å²) in [6.45, 7) is 3.42. The third kappa shape index (κ3) is 4.59. The molecule has 0 aliphatic heterocycles. The van der Waals surface area contributed by atoms with E-state index in [0.717, 1.165) is 23.5 Å². The van der Waals surface area contributed by atoms with Crippen LogP contribution in [0.4, 0.5) is 5.69 Å². The molecule has 0 spiro atoms. The molecule has 0 saturated carbocycles. The van der Waals surface area contributed by atoms with Gasteiger partial charge in [0.15, 0.2) is 0 Å².